The predicted octanol–water partition coefficient (Wildman–Crippen LogP) is 3.73. The lowest BCUT2D eigenvalue weighted by Gasteiger charge is -2.07. The van der Waals surface area contributed by atoms with Crippen molar-refractivity contribution in [3.63, 3.8) is 0 Å². The maximum Gasteiger partial charge on any atom is 0.182 e. The molecule has 0 aliphatic carbocycles. The maximum atomic E-state index is 4.60. The first-order valence-electron chi connectivity index (χ1n) is 6.87. The van der Waals surface area contributed by atoms with Crippen LogP contribution in [0.2, 0.25) is 0 Å². The number of imidazole rings is 1. The predicted molar refractivity (Wildman–Crippen MR) is 85.5 cm³/mol. The minimum Gasteiger partial charge on any atom is -0.321 e. The van der Waals surface area contributed by atoms with Gasteiger partial charge in [0.05, 0.1) is 0 Å². The fourth-order valence-electron chi connectivity index (χ4n) is 2.25. The van der Waals surface area contributed by atoms with Gasteiger partial charge >= 0.3 is 0 Å². The molecule has 3 aromatic rings. The lowest BCUT2D eigenvalue weighted by atomic mass is 10.4. The van der Waals surface area contributed by atoms with Crippen molar-refractivity contribution in [2.24, 2.45) is 0 Å². The molecule has 0 atom stereocenters. The Bertz CT molecular complexity index is 765. The molecule has 106 valence electrons. The quantitative estimate of drug-likeness (QED) is 0.531. The summed E-state index contributed by atoms with van der Waals surface area (Å²) in [6.45, 7) is 6.65. The Labute approximate surface area is 128 Å². The van der Waals surface area contributed by atoms with Gasteiger partial charge in [0, 0.05) is 17.9 Å². The van der Waals surface area contributed by atoms with E-state index >= 15 is 0 Å². The van der Waals surface area contributed by atoms with E-state index < -0.39 is 0 Å². The number of hydrogen-bond acceptors (Lipinski definition) is 4. The van der Waals surface area contributed by atoms with Gasteiger partial charge in [0.2, 0.25) is 0 Å². The van der Waals surface area contributed by atoms with Gasteiger partial charge in [0.25, 0.3) is 0 Å². The summed E-state index contributed by atoms with van der Waals surface area (Å²) in [4.78, 5) is 14.5. The van der Waals surface area contributed by atoms with Crippen molar-refractivity contribution in [1.29, 1.82) is 0 Å². The highest BCUT2D eigenvalue weighted by atomic mass is 32.2. The topological polar surface area (TPSA) is 43.6 Å². The minimum atomic E-state index is 0.718. The smallest absolute Gasteiger partial charge is 0.182 e. The van der Waals surface area contributed by atoms with E-state index in [1.54, 1.807) is 18.1 Å². The Balaban J connectivity index is 2.13. The molecule has 5 heteroatoms. The lowest BCUT2D eigenvalue weighted by Crippen LogP contribution is -2.02. The molecule has 3 rings (SSSR count). The second-order valence-electron chi connectivity index (χ2n) is 4.55. The average molecular weight is 296 g/mol. The summed E-state index contributed by atoms with van der Waals surface area (Å²) in [5.41, 5.74) is 1.74. The van der Waals surface area contributed by atoms with Gasteiger partial charge in [-0.05, 0) is 12.1 Å². The molecule has 0 aliphatic rings. The van der Waals surface area contributed by atoms with Gasteiger partial charge < -0.3 is 4.57 Å². The van der Waals surface area contributed by atoms with Crippen LogP contribution in [0, 0.1) is 0 Å². The third-order valence-corrected chi connectivity index (χ3v) is 4.17. The molecule has 0 fully saturated rings. The standard InChI is InChI=1S/C16H16N4S/c1-3-10-20-13(4-2)19-15-14(20)16(18-11-17-15)21-12-8-6-5-7-9-12/h3,5-9,11H,1,4,10H2,2H3. The van der Waals surface area contributed by atoms with Gasteiger partial charge in [0.1, 0.15) is 22.7 Å². The molecule has 0 saturated carbocycles. The molecule has 4 nitrogen and oxygen atoms in total. The van der Waals surface area contributed by atoms with Crippen LogP contribution >= 0.6 is 11.8 Å². The Kier molecular flexibility index (Phi) is 4.01. The molecule has 0 amide bonds. The molecule has 1 aromatic carbocycles. The van der Waals surface area contributed by atoms with E-state index in [-0.39, 0.29) is 0 Å². The SMILES string of the molecule is C=CCn1c(CC)nc2ncnc(Sc3ccccc3)c21. The molecular formula is C16H16N4S. The molecule has 0 radical (unpaired) electrons. The average Bonchev–Trinajstić information content (AvgIpc) is 2.88. The number of allylic oxidation sites excluding steroid dienone is 1. The summed E-state index contributed by atoms with van der Waals surface area (Å²) < 4.78 is 2.15. The Hall–Kier alpha value is -2.14. The number of fused-ring (bicyclic) bond motifs is 1. The monoisotopic (exact) mass is 296 g/mol. The van der Waals surface area contributed by atoms with Crippen LogP contribution in [-0.2, 0) is 13.0 Å². The van der Waals surface area contributed by atoms with E-state index in [2.05, 4.69) is 45.2 Å². The van der Waals surface area contributed by atoms with Crippen LogP contribution in [0.4, 0.5) is 0 Å². The first-order chi connectivity index (χ1) is 10.3. The van der Waals surface area contributed by atoms with Crippen molar-refractivity contribution in [3.8, 4) is 0 Å². The normalized spacial score (nSPS) is 10.9. The molecule has 2 aromatic heterocycles. The molecule has 0 N–H and O–H groups in total. The van der Waals surface area contributed by atoms with E-state index in [1.807, 2.05) is 24.3 Å². The maximum absolute atomic E-state index is 4.60. The second-order valence-corrected chi connectivity index (χ2v) is 5.61. The van der Waals surface area contributed by atoms with Crippen LogP contribution in [0.25, 0.3) is 11.2 Å². The summed E-state index contributed by atoms with van der Waals surface area (Å²) in [6.07, 6.45) is 4.32. The highest BCUT2D eigenvalue weighted by Crippen LogP contribution is 2.31. The van der Waals surface area contributed by atoms with E-state index in [4.69, 9.17) is 0 Å². The van der Waals surface area contributed by atoms with Crippen molar-refractivity contribution in [1.82, 2.24) is 19.5 Å². The number of rotatable bonds is 5. The van der Waals surface area contributed by atoms with Crippen LogP contribution in [-0.4, -0.2) is 19.5 Å². The number of aryl methyl sites for hydroxylation is 1. The van der Waals surface area contributed by atoms with Gasteiger partial charge in [-0.3, -0.25) is 0 Å². The molecule has 0 saturated heterocycles. The van der Waals surface area contributed by atoms with Crippen molar-refractivity contribution < 1.29 is 0 Å². The Morgan fingerprint density at radius 2 is 2.05 bits per heavy atom. The van der Waals surface area contributed by atoms with E-state index in [9.17, 15) is 0 Å². The Morgan fingerprint density at radius 3 is 2.76 bits per heavy atom. The van der Waals surface area contributed by atoms with Crippen LogP contribution in [0.1, 0.15) is 12.7 Å². The van der Waals surface area contributed by atoms with Gasteiger partial charge in [-0.25, -0.2) is 15.0 Å². The van der Waals surface area contributed by atoms with E-state index in [0.29, 0.717) is 0 Å². The molecular weight excluding hydrogens is 280 g/mol. The zero-order chi connectivity index (χ0) is 14.7. The van der Waals surface area contributed by atoms with Gasteiger partial charge in [0.15, 0.2) is 5.65 Å². The fourth-order valence-corrected chi connectivity index (χ4v) is 3.17. The van der Waals surface area contributed by atoms with E-state index in [1.165, 1.54) is 0 Å². The highest BCUT2D eigenvalue weighted by molar-refractivity contribution is 7.99. The number of hydrogen-bond donors (Lipinski definition) is 0. The molecule has 0 aliphatic heterocycles. The number of nitrogens with zero attached hydrogens (tertiary/aromatic N) is 4. The first kappa shape index (κ1) is 13.8. The van der Waals surface area contributed by atoms with Crippen molar-refractivity contribution in [2.75, 3.05) is 0 Å². The number of aromatic nitrogens is 4. The summed E-state index contributed by atoms with van der Waals surface area (Å²) in [7, 11) is 0. The van der Waals surface area contributed by atoms with Gasteiger partial charge in [-0.1, -0.05) is 43.0 Å². The summed E-state index contributed by atoms with van der Waals surface area (Å²) in [6, 6.07) is 10.2. The molecule has 2 heterocycles. The zero-order valence-electron chi connectivity index (χ0n) is 11.9. The van der Waals surface area contributed by atoms with Crippen LogP contribution < -0.4 is 0 Å². The van der Waals surface area contributed by atoms with Crippen LogP contribution in [0.5, 0.6) is 0 Å². The molecule has 0 spiro atoms. The minimum absolute atomic E-state index is 0.718. The Morgan fingerprint density at radius 1 is 1.24 bits per heavy atom. The van der Waals surface area contributed by atoms with Crippen molar-refractivity contribution in [3.05, 3.63) is 55.1 Å². The largest absolute Gasteiger partial charge is 0.321 e. The van der Waals surface area contributed by atoms with Crippen molar-refractivity contribution >= 4 is 22.9 Å². The van der Waals surface area contributed by atoms with Crippen molar-refractivity contribution in [2.45, 2.75) is 29.8 Å². The first-order valence-corrected chi connectivity index (χ1v) is 7.69. The molecule has 0 bridgehead atoms. The molecule has 21 heavy (non-hydrogen) atoms. The van der Waals surface area contributed by atoms with Gasteiger partial charge in [-0.2, -0.15) is 0 Å². The summed E-state index contributed by atoms with van der Waals surface area (Å²) in [5, 5.41) is 0.931. The third-order valence-electron chi connectivity index (χ3n) is 3.17. The van der Waals surface area contributed by atoms with E-state index in [0.717, 1.165) is 39.9 Å². The summed E-state index contributed by atoms with van der Waals surface area (Å²) >= 11 is 1.63. The number of benzene rings is 1. The summed E-state index contributed by atoms with van der Waals surface area (Å²) in [5.74, 6) is 1.01. The lowest BCUT2D eigenvalue weighted by molar-refractivity contribution is 0.763. The zero-order valence-corrected chi connectivity index (χ0v) is 12.7. The molecule has 0 unspecified atom stereocenters. The second kappa shape index (κ2) is 6.10. The van der Waals surface area contributed by atoms with Crippen LogP contribution in [0.15, 0.2) is 59.2 Å². The third kappa shape index (κ3) is 2.69. The van der Waals surface area contributed by atoms with Gasteiger partial charge in [-0.15, -0.1) is 6.58 Å². The van der Waals surface area contributed by atoms with Crippen LogP contribution in [0.3, 0.4) is 0 Å². The highest BCUT2D eigenvalue weighted by Gasteiger charge is 2.15. The fraction of sp³-hybridized carbons (Fsp3) is 0.188.